The number of rotatable bonds is 6. The maximum absolute atomic E-state index is 10.6. The van der Waals surface area contributed by atoms with Gasteiger partial charge in [-0.2, -0.15) is 0 Å². The number of ether oxygens (including phenoxy) is 2. The van der Waals surface area contributed by atoms with Crippen molar-refractivity contribution in [1.29, 1.82) is 0 Å². The first-order chi connectivity index (χ1) is 10.6. The van der Waals surface area contributed by atoms with Crippen LogP contribution in [0.2, 0.25) is 5.02 Å². The molecule has 0 atom stereocenters. The highest BCUT2D eigenvalue weighted by molar-refractivity contribution is 6.32. The molecular weight excluding hydrogens is 304 g/mol. The first-order valence-corrected chi connectivity index (χ1v) is 6.93. The van der Waals surface area contributed by atoms with Gasteiger partial charge in [0.25, 0.3) is 0 Å². The number of aliphatic carboxylic acids is 1. The van der Waals surface area contributed by atoms with Gasteiger partial charge in [0.15, 0.2) is 0 Å². The van der Waals surface area contributed by atoms with Crippen LogP contribution in [0, 0.1) is 0 Å². The summed E-state index contributed by atoms with van der Waals surface area (Å²) in [6, 6.07) is 12.6. The fraction of sp³-hybridized carbons (Fsp3) is 0.118. The SMILES string of the molecule is COc1ccc(/C=C/C(=O)O)cc1COc1ccccc1Cl. The predicted octanol–water partition coefficient (Wildman–Crippen LogP) is 4.03. The van der Waals surface area contributed by atoms with Crippen LogP contribution < -0.4 is 9.47 Å². The number of para-hydroxylation sites is 1. The monoisotopic (exact) mass is 318 g/mol. The van der Waals surface area contributed by atoms with Crippen LogP contribution in [-0.4, -0.2) is 18.2 Å². The molecule has 0 radical (unpaired) electrons. The van der Waals surface area contributed by atoms with Crippen LogP contribution in [0.1, 0.15) is 11.1 Å². The van der Waals surface area contributed by atoms with Gasteiger partial charge < -0.3 is 14.6 Å². The number of benzene rings is 2. The molecule has 0 bridgehead atoms. The van der Waals surface area contributed by atoms with E-state index < -0.39 is 5.97 Å². The third-order valence-corrected chi connectivity index (χ3v) is 3.25. The minimum Gasteiger partial charge on any atom is -0.496 e. The highest BCUT2D eigenvalue weighted by atomic mass is 35.5. The number of methoxy groups -OCH3 is 1. The Bertz CT molecular complexity index is 695. The van der Waals surface area contributed by atoms with Crippen molar-refractivity contribution in [2.24, 2.45) is 0 Å². The second kappa shape index (κ2) is 7.52. The standard InChI is InChI=1S/C17H15ClO4/c1-21-15-8-6-12(7-9-17(19)20)10-13(15)11-22-16-5-3-2-4-14(16)18/h2-10H,11H2,1H3,(H,19,20)/b9-7+. The van der Waals surface area contributed by atoms with Crippen LogP contribution in [-0.2, 0) is 11.4 Å². The van der Waals surface area contributed by atoms with E-state index in [0.29, 0.717) is 16.5 Å². The number of hydrogen-bond acceptors (Lipinski definition) is 3. The first-order valence-electron chi connectivity index (χ1n) is 6.55. The molecule has 0 heterocycles. The van der Waals surface area contributed by atoms with Crippen LogP contribution in [0.3, 0.4) is 0 Å². The molecule has 2 rings (SSSR count). The van der Waals surface area contributed by atoms with Crippen molar-refractivity contribution in [2.75, 3.05) is 7.11 Å². The van der Waals surface area contributed by atoms with Gasteiger partial charge in [0.2, 0.25) is 0 Å². The van der Waals surface area contributed by atoms with Gasteiger partial charge in [-0.25, -0.2) is 4.79 Å². The van der Waals surface area contributed by atoms with Crippen molar-refractivity contribution in [3.63, 3.8) is 0 Å². The molecule has 0 amide bonds. The van der Waals surface area contributed by atoms with Crippen LogP contribution >= 0.6 is 11.6 Å². The minimum atomic E-state index is -0.996. The lowest BCUT2D eigenvalue weighted by Crippen LogP contribution is -1.99. The summed E-state index contributed by atoms with van der Waals surface area (Å²) in [5.74, 6) is 0.252. The first kappa shape index (κ1) is 15.9. The van der Waals surface area contributed by atoms with Crippen molar-refractivity contribution in [2.45, 2.75) is 6.61 Å². The van der Waals surface area contributed by atoms with Gasteiger partial charge in [0.1, 0.15) is 18.1 Å². The summed E-state index contributed by atoms with van der Waals surface area (Å²) in [7, 11) is 1.57. The third kappa shape index (κ3) is 4.27. The molecule has 0 unspecified atom stereocenters. The largest absolute Gasteiger partial charge is 0.496 e. The Morgan fingerprint density at radius 2 is 2.00 bits per heavy atom. The lowest BCUT2D eigenvalue weighted by molar-refractivity contribution is -0.131. The highest BCUT2D eigenvalue weighted by Crippen LogP contribution is 2.27. The zero-order valence-corrected chi connectivity index (χ0v) is 12.7. The van der Waals surface area contributed by atoms with E-state index in [4.69, 9.17) is 26.2 Å². The Labute approximate surface area is 133 Å². The lowest BCUT2D eigenvalue weighted by atomic mass is 10.1. The average molecular weight is 319 g/mol. The second-order valence-electron chi connectivity index (χ2n) is 4.46. The molecule has 0 saturated carbocycles. The van der Waals surface area contributed by atoms with Crippen molar-refractivity contribution in [3.05, 3.63) is 64.7 Å². The Kier molecular flexibility index (Phi) is 5.44. The molecule has 2 aromatic rings. The van der Waals surface area contributed by atoms with Crippen LogP contribution in [0.25, 0.3) is 6.08 Å². The van der Waals surface area contributed by atoms with E-state index in [1.807, 2.05) is 18.2 Å². The van der Waals surface area contributed by atoms with Gasteiger partial charge >= 0.3 is 5.97 Å². The van der Waals surface area contributed by atoms with Gasteiger partial charge in [-0.3, -0.25) is 0 Å². The molecule has 0 aromatic heterocycles. The van der Waals surface area contributed by atoms with Crippen molar-refractivity contribution >= 4 is 23.6 Å². The molecule has 0 spiro atoms. The number of carbonyl (C=O) groups is 1. The van der Waals surface area contributed by atoms with E-state index in [1.165, 1.54) is 6.08 Å². The van der Waals surface area contributed by atoms with Gasteiger partial charge in [-0.15, -0.1) is 0 Å². The summed E-state index contributed by atoms with van der Waals surface area (Å²) >= 11 is 6.05. The second-order valence-corrected chi connectivity index (χ2v) is 4.87. The van der Waals surface area contributed by atoms with Crippen molar-refractivity contribution < 1.29 is 19.4 Å². The fourth-order valence-electron chi connectivity index (χ4n) is 1.90. The maximum Gasteiger partial charge on any atom is 0.328 e. The summed E-state index contributed by atoms with van der Waals surface area (Å²) in [6.45, 7) is 0.266. The zero-order valence-electron chi connectivity index (χ0n) is 12.0. The van der Waals surface area contributed by atoms with Crippen LogP contribution in [0.15, 0.2) is 48.5 Å². The normalized spacial score (nSPS) is 10.6. The molecule has 2 aromatic carbocycles. The quantitative estimate of drug-likeness (QED) is 0.817. The van der Waals surface area contributed by atoms with Gasteiger partial charge in [0, 0.05) is 11.6 Å². The summed E-state index contributed by atoms with van der Waals surface area (Å²) in [5, 5.41) is 9.21. The lowest BCUT2D eigenvalue weighted by Gasteiger charge is -2.12. The van der Waals surface area contributed by atoms with E-state index in [9.17, 15) is 4.79 Å². The van der Waals surface area contributed by atoms with E-state index in [2.05, 4.69) is 0 Å². The smallest absolute Gasteiger partial charge is 0.328 e. The van der Waals surface area contributed by atoms with E-state index >= 15 is 0 Å². The van der Waals surface area contributed by atoms with E-state index in [-0.39, 0.29) is 6.61 Å². The average Bonchev–Trinajstić information content (AvgIpc) is 2.52. The highest BCUT2D eigenvalue weighted by Gasteiger charge is 2.06. The summed E-state index contributed by atoms with van der Waals surface area (Å²) in [5.41, 5.74) is 1.55. The number of carboxylic acids is 1. The summed E-state index contributed by atoms with van der Waals surface area (Å²) in [6.07, 6.45) is 2.60. The topological polar surface area (TPSA) is 55.8 Å². The number of halogens is 1. The van der Waals surface area contributed by atoms with E-state index in [1.54, 1.807) is 31.4 Å². The Hall–Kier alpha value is -2.46. The molecule has 0 aliphatic rings. The van der Waals surface area contributed by atoms with Gasteiger partial charge in [-0.1, -0.05) is 29.8 Å². The molecule has 1 N–H and O–H groups in total. The van der Waals surface area contributed by atoms with Crippen LogP contribution in [0.5, 0.6) is 11.5 Å². The fourth-order valence-corrected chi connectivity index (χ4v) is 2.09. The molecule has 0 aliphatic carbocycles. The molecule has 4 nitrogen and oxygen atoms in total. The summed E-state index contributed by atoms with van der Waals surface area (Å²) in [4.78, 5) is 10.6. The van der Waals surface area contributed by atoms with Crippen molar-refractivity contribution in [1.82, 2.24) is 0 Å². The number of hydrogen-bond donors (Lipinski definition) is 1. The molecule has 22 heavy (non-hydrogen) atoms. The Morgan fingerprint density at radius 1 is 1.23 bits per heavy atom. The molecule has 5 heteroatoms. The van der Waals surface area contributed by atoms with Gasteiger partial charge in [-0.05, 0) is 35.9 Å². The molecular formula is C17H15ClO4. The van der Waals surface area contributed by atoms with Crippen LogP contribution in [0.4, 0.5) is 0 Å². The number of carboxylic acid groups (broad SMARTS) is 1. The molecule has 0 fully saturated rings. The molecule has 0 aliphatic heterocycles. The predicted molar refractivity (Wildman–Crippen MR) is 85.4 cm³/mol. The summed E-state index contributed by atoms with van der Waals surface area (Å²) < 4.78 is 11.0. The Balaban J connectivity index is 2.19. The van der Waals surface area contributed by atoms with Gasteiger partial charge in [0.05, 0.1) is 12.1 Å². The minimum absolute atomic E-state index is 0.266. The van der Waals surface area contributed by atoms with Crippen molar-refractivity contribution in [3.8, 4) is 11.5 Å². The maximum atomic E-state index is 10.6. The zero-order chi connectivity index (χ0) is 15.9. The molecule has 114 valence electrons. The third-order valence-electron chi connectivity index (χ3n) is 2.94. The Morgan fingerprint density at radius 3 is 2.68 bits per heavy atom. The molecule has 0 saturated heterocycles. The van der Waals surface area contributed by atoms with E-state index in [0.717, 1.165) is 17.2 Å².